The molecule has 0 spiro atoms. The maximum absolute atomic E-state index is 13.8. The van der Waals surface area contributed by atoms with E-state index in [1.165, 1.54) is 21.4 Å². The van der Waals surface area contributed by atoms with Crippen molar-refractivity contribution in [1.29, 1.82) is 5.26 Å². The standard InChI is InChI=1S/C33H38FN7O2/c1-23(34)32(42)41-19-18-40(20-25(41)14-15-35)31-28-12-7-17-39(30-13-5-9-24-8-3-4-11-27(24)30)21-29(28)36-33(37-31)43-22-26-10-6-16-38(26)2/h3-5,8-9,11,13,25-26H,1,6-7,10,12,14,16-22H2,2H3/t25?,26-/m0/s1. The number of likely N-dealkylation sites (tertiary alicyclic amines) is 1. The van der Waals surface area contributed by atoms with Gasteiger partial charge in [0.1, 0.15) is 12.4 Å². The fraction of sp³-hybridized carbons (Fsp3) is 0.455. The van der Waals surface area contributed by atoms with Gasteiger partial charge < -0.3 is 24.3 Å². The Morgan fingerprint density at radius 2 is 1.91 bits per heavy atom. The number of ether oxygens (including phenoxy) is 1. The van der Waals surface area contributed by atoms with Crippen LogP contribution in [0, 0.1) is 11.3 Å². The zero-order valence-electron chi connectivity index (χ0n) is 24.7. The van der Waals surface area contributed by atoms with Gasteiger partial charge >= 0.3 is 6.01 Å². The van der Waals surface area contributed by atoms with Gasteiger partial charge in [-0.1, -0.05) is 43.0 Å². The third kappa shape index (κ3) is 6.00. The van der Waals surface area contributed by atoms with E-state index in [0.717, 1.165) is 55.8 Å². The molecule has 0 radical (unpaired) electrons. The number of aromatic nitrogens is 2. The van der Waals surface area contributed by atoms with Gasteiger partial charge in [-0.25, -0.2) is 4.39 Å². The van der Waals surface area contributed by atoms with Crippen LogP contribution in [0.15, 0.2) is 54.9 Å². The molecule has 9 nitrogen and oxygen atoms in total. The quantitative estimate of drug-likeness (QED) is 0.377. The van der Waals surface area contributed by atoms with Gasteiger partial charge in [0.05, 0.1) is 30.8 Å². The second-order valence-corrected chi connectivity index (χ2v) is 11.7. The number of benzene rings is 2. The van der Waals surface area contributed by atoms with Gasteiger partial charge in [-0.05, 0) is 50.7 Å². The summed E-state index contributed by atoms with van der Waals surface area (Å²) in [5.74, 6) is -0.973. The van der Waals surface area contributed by atoms with Crippen LogP contribution in [0.3, 0.4) is 0 Å². The molecule has 1 unspecified atom stereocenters. The molecule has 3 aliphatic rings. The van der Waals surface area contributed by atoms with Crippen molar-refractivity contribution in [2.75, 3.05) is 56.2 Å². The van der Waals surface area contributed by atoms with Crippen molar-refractivity contribution in [3.63, 3.8) is 0 Å². The highest BCUT2D eigenvalue weighted by Crippen LogP contribution is 2.34. The van der Waals surface area contributed by atoms with E-state index in [0.29, 0.717) is 38.3 Å². The Hall–Kier alpha value is -4.23. The van der Waals surface area contributed by atoms with E-state index >= 15 is 0 Å². The van der Waals surface area contributed by atoms with Gasteiger partial charge in [0.25, 0.3) is 5.91 Å². The maximum atomic E-state index is 13.8. The first-order chi connectivity index (χ1) is 20.9. The molecule has 1 amide bonds. The Kier molecular flexibility index (Phi) is 8.43. The van der Waals surface area contributed by atoms with E-state index in [9.17, 15) is 14.4 Å². The lowest BCUT2D eigenvalue weighted by molar-refractivity contribution is -0.131. The zero-order chi connectivity index (χ0) is 29.9. The number of piperazine rings is 1. The Morgan fingerprint density at radius 3 is 2.70 bits per heavy atom. The number of nitriles is 1. The molecule has 0 N–H and O–H groups in total. The van der Waals surface area contributed by atoms with Gasteiger partial charge in [-0.15, -0.1) is 0 Å². The molecule has 4 heterocycles. The minimum atomic E-state index is -1.01. The fourth-order valence-corrected chi connectivity index (χ4v) is 6.72. The van der Waals surface area contributed by atoms with Crippen LogP contribution in [0.5, 0.6) is 6.01 Å². The summed E-state index contributed by atoms with van der Waals surface area (Å²) in [4.78, 5) is 30.7. The van der Waals surface area contributed by atoms with Crippen molar-refractivity contribution in [3.05, 3.63) is 66.1 Å². The Labute approximate surface area is 252 Å². The Bertz CT molecular complexity index is 1550. The molecule has 3 aliphatic heterocycles. The van der Waals surface area contributed by atoms with Crippen molar-refractivity contribution in [1.82, 2.24) is 19.8 Å². The van der Waals surface area contributed by atoms with Gasteiger partial charge in [0.2, 0.25) is 0 Å². The number of amides is 1. The lowest BCUT2D eigenvalue weighted by atomic mass is 10.1. The van der Waals surface area contributed by atoms with Crippen LogP contribution in [-0.2, 0) is 17.8 Å². The molecule has 0 aliphatic carbocycles. The summed E-state index contributed by atoms with van der Waals surface area (Å²) in [5.41, 5.74) is 3.17. The average molecular weight is 584 g/mol. The van der Waals surface area contributed by atoms with Crippen molar-refractivity contribution >= 4 is 28.2 Å². The second kappa shape index (κ2) is 12.6. The normalized spacial score (nSPS) is 20.9. The SMILES string of the molecule is C=C(F)C(=O)N1CCN(c2nc(OC[C@@H]3CCCN3C)nc3c2CCCN(c2cccc4ccccc24)C3)CC1CC#N. The number of carbonyl (C=O) groups excluding carboxylic acids is 1. The van der Waals surface area contributed by atoms with E-state index in [2.05, 4.69) is 76.9 Å². The van der Waals surface area contributed by atoms with E-state index in [1.54, 1.807) is 0 Å². The van der Waals surface area contributed by atoms with Crippen molar-refractivity contribution < 1.29 is 13.9 Å². The van der Waals surface area contributed by atoms with Crippen LogP contribution in [0.4, 0.5) is 15.9 Å². The molecule has 1 aromatic heterocycles. The van der Waals surface area contributed by atoms with E-state index in [1.807, 2.05) is 0 Å². The molecule has 2 saturated heterocycles. The number of fused-ring (bicyclic) bond motifs is 2. The predicted molar refractivity (Wildman–Crippen MR) is 165 cm³/mol. The van der Waals surface area contributed by atoms with Crippen LogP contribution in [0.1, 0.15) is 36.9 Å². The Morgan fingerprint density at radius 1 is 1.07 bits per heavy atom. The number of anilines is 2. The highest BCUT2D eigenvalue weighted by molar-refractivity contribution is 5.94. The molecule has 2 fully saturated rings. The van der Waals surface area contributed by atoms with E-state index in [4.69, 9.17) is 14.7 Å². The monoisotopic (exact) mass is 583 g/mol. The number of likely N-dealkylation sites (N-methyl/N-ethyl adjacent to an activating group) is 1. The van der Waals surface area contributed by atoms with E-state index in [-0.39, 0.29) is 13.0 Å². The third-order valence-corrected chi connectivity index (χ3v) is 9.03. The highest BCUT2D eigenvalue weighted by atomic mass is 19.1. The van der Waals surface area contributed by atoms with Crippen LogP contribution in [0.2, 0.25) is 0 Å². The third-order valence-electron chi connectivity index (χ3n) is 9.03. The number of halogens is 1. The molecule has 224 valence electrons. The molecular weight excluding hydrogens is 545 g/mol. The lowest BCUT2D eigenvalue weighted by Crippen LogP contribution is -2.55. The number of nitrogens with zero attached hydrogens (tertiary/aromatic N) is 7. The van der Waals surface area contributed by atoms with Gasteiger partial charge in [-0.3, -0.25) is 4.79 Å². The Balaban J connectivity index is 1.35. The molecule has 3 aromatic rings. The van der Waals surface area contributed by atoms with Crippen LogP contribution < -0.4 is 14.5 Å². The minimum absolute atomic E-state index is 0.0923. The molecule has 2 atom stereocenters. The van der Waals surface area contributed by atoms with Crippen LogP contribution in [0.25, 0.3) is 10.8 Å². The topological polar surface area (TPSA) is 88.8 Å². The van der Waals surface area contributed by atoms with Crippen molar-refractivity contribution in [3.8, 4) is 12.1 Å². The largest absolute Gasteiger partial charge is 0.462 e. The first-order valence-corrected chi connectivity index (χ1v) is 15.2. The molecular formula is C33H38FN7O2. The fourth-order valence-electron chi connectivity index (χ4n) is 6.72. The number of rotatable bonds is 7. The predicted octanol–water partition coefficient (Wildman–Crippen LogP) is 4.47. The summed E-state index contributed by atoms with van der Waals surface area (Å²) in [6, 6.07) is 17.2. The summed E-state index contributed by atoms with van der Waals surface area (Å²) >= 11 is 0. The summed E-state index contributed by atoms with van der Waals surface area (Å²) in [6.45, 7) is 7.34. The molecule has 0 bridgehead atoms. The van der Waals surface area contributed by atoms with Crippen molar-refractivity contribution in [2.45, 2.75) is 50.7 Å². The van der Waals surface area contributed by atoms with Crippen LogP contribution in [-0.4, -0.2) is 84.1 Å². The van der Waals surface area contributed by atoms with Gasteiger partial charge in [-0.2, -0.15) is 15.2 Å². The molecule has 0 saturated carbocycles. The number of hydrogen-bond donors (Lipinski definition) is 0. The first kappa shape index (κ1) is 28.9. The highest BCUT2D eigenvalue weighted by Gasteiger charge is 2.34. The van der Waals surface area contributed by atoms with Gasteiger partial charge in [0.15, 0.2) is 5.83 Å². The minimum Gasteiger partial charge on any atom is -0.462 e. The van der Waals surface area contributed by atoms with Gasteiger partial charge in [0, 0.05) is 48.9 Å². The summed E-state index contributed by atoms with van der Waals surface area (Å²) in [7, 11) is 2.12. The average Bonchev–Trinajstić information content (AvgIpc) is 3.31. The van der Waals surface area contributed by atoms with Crippen LogP contribution >= 0.6 is 0 Å². The number of hydrogen-bond acceptors (Lipinski definition) is 8. The molecule has 43 heavy (non-hydrogen) atoms. The van der Waals surface area contributed by atoms with Crippen molar-refractivity contribution in [2.24, 2.45) is 0 Å². The lowest BCUT2D eigenvalue weighted by Gasteiger charge is -2.41. The smallest absolute Gasteiger partial charge is 0.318 e. The number of carbonyl (C=O) groups is 1. The summed E-state index contributed by atoms with van der Waals surface area (Å²) in [5, 5.41) is 11.9. The summed E-state index contributed by atoms with van der Waals surface area (Å²) in [6.07, 6.45) is 4.03. The first-order valence-electron chi connectivity index (χ1n) is 15.2. The summed E-state index contributed by atoms with van der Waals surface area (Å²) < 4.78 is 20.1. The zero-order valence-corrected chi connectivity index (χ0v) is 24.7. The molecule has 2 aromatic carbocycles. The second-order valence-electron chi connectivity index (χ2n) is 11.7. The molecule has 10 heteroatoms. The molecule has 6 rings (SSSR count). The van der Waals surface area contributed by atoms with E-state index < -0.39 is 17.8 Å². The maximum Gasteiger partial charge on any atom is 0.318 e.